The number of nitrogens with zero attached hydrogens (tertiary/aromatic N) is 3. The third kappa shape index (κ3) is 6.18. The van der Waals surface area contributed by atoms with Crippen molar-refractivity contribution in [1.29, 1.82) is 0 Å². The van der Waals surface area contributed by atoms with Crippen molar-refractivity contribution >= 4 is 36.1 Å². The number of fused-ring (bicyclic) bond motifs is 1. The highest BCUT2D eigenvalue weighted by molar-refractivity contribution is 5.94. The Bertz CT molecular complexity index is 872. The van der Waals surface area contributed by atoms with Gasteiger partial charge in [-0.3, -0.25) is 19.4 Å². The molecule has 1 aromatic rings. The van der Waals surface area contributed by atoms with Crippen LogP contribution in [0.1, 0.15) is 49.7 Å². The Kier molecular flexibility index (Phi) is 8.59. The molecule has 2 fully saturated rings. The molecule has 0 aromatic heterocycles. The van der Waals surface area contributed by atoms with Crippen molar-refractivity contribution in [3.05, 3.63) is 29.3 Å². The summed E-state index contributed by atoms with van der Waals surface area (Å²) in [5.41, 5.74) is 3.38. The molecule has 3 aliphatic rings. The second kappa shape index (κ2) is 11.2. The van der Waals surface area contributed by atoms with Gasteiger partial charge in [0.1, 0.15) is 0 Å². The van der Waals surface area contributed by atoms with Crippen molar-refractivity contribution in [2.75, 3.05) is 37.6 Å². The largest absolute Gasteiger partial charge is 0.481 e. The maximum absolute atomic E-state index is 13.2. The van der Waals surface area contributed by atoms with Gasteiger partial charge in [-0.05, 0) is 74.1 Å². The first-order valence-electron chi connectivity index (χ1n) is 11.8. The van der Waals surface area contributed by atoms with E-state index in [2.05, 4.69) is 12.1 Å². The third-order valence-electron chi connectivity index (χ3n) is 7.32. The molecule has 1 saturated heterocycles. The van der Waals surface area contributed by atoms with E-state index in [9.17, 15) is 14.4 Å². The van der Waals surface area contributed by atoms with Crippen LogP contribution in [-0.4, -0.2) is 76.7 Å². The van der Waals surface area contributed by atoms with E-state index in [4.69, 9.17) is 10.2 Å². The highest BCUT2D eigenvalue weighted by Crippen LogP contribution is 2.33. The number of benzene rings is 1. The average molecular weight is 480 g/mol. The maximum atomic E-state index is 13.2. The summed E-state index contributed by atoms with van der Waals surface area (Å²) >= 11 is 0. The van der Waals surface area contributed by atoms with Crippen LogP contribution in [0.2, 0.25) is 0 Å². The smallest absolute Gasteiger partial charge is 0.324 e. The maximum Gasteiger partial charge on any atom is 0.324 e. The highest BCUT2D eigenvalue weighted by Gasteiger charge is 2.36. The van der Waals surface area contributed by atoms with Crippen LogP contribution in [-0.2, 0) is 22.4 Å². The number of aliphatic carboxylic acids is 2. The molecule has 0 unspecified atom stereocenters. The van der Waals surface area contributed by atoms with E-state index >= 15 is 0 Å². The van der Waals surface area contributed by atoms with Crippen LogP contribution >= 0.6 is 12.4 Å². The first-order chi connectivity index (χ1) is 15.4. The molecular weight excluding hydrogens is 446 g/mol. The first kappa shape index (κ1) is 25.3. The summed E-state index contributed by atoms with van der Waals surface area (Å²) < 4.78 is 0. The lowest BCUT2D eigenvalue weighted by atomic mass is 9.83. The van der Waals surface area contributed by atoms with Gasteiger partial charge in [0.05, 0.1) is 6.54 Å². The van der Waals surface area contributed by atoms with Crippen molar-refractivity contribution in [2.24, 2.45) is 5.92 Å². The number of hydrogen-bond donors (Lipinski definition) is 2. The molecule has 0 spiro atoms. The summed E-state index contributed by atoms with van der Waals surface area (Å²) in [5, 5.41) is 18.0. The van der Waals surface area contributed by atoms with Crippen molar-refractivity contribution in [2.45, 2.75) is 57.4 Å². The summed E-state index contributed by atoms with van der Waals surface area (Å²) in [6, 6.07) is 6.55. The zero-order chi connectivity index (χ0) is 22.7. The van der Waals surface area contributed by atoms with Gasteiger partial charge in [0, 0.05) is 44.3 Å². The summed E-state index contributed by atoms with van der Waals surface area (Å²) in [7, 11) is 0. The molecular formula is C24H34ClN3O5. The van der Waals surface area contributed by atoms with E-state index in [0.717, 1.165) is 63.7 Å². The number of urea groups is 1. The lowest BCUT2D eigenvalue weighted by molar-refractivity contribution is -0.138. The van der Waals surface area contributed by atoms with Crippen molar-refractivity contribution in [3.63, 3.8) is 0 Å². The van der Waals surface area contributed by atoms with Crippen molar-refractivity contribution in [1.82, 2.24) is 9.80 Å². The lowest BCUT2D eigenvalue weighted by Gasteiger charge is -2.34. The normalized spacial score (nSPS) is 23.6. The van der Waals surface area contributed by atoms with Gasteiger partial charge in [-0.2, -0.15) is 0 Å². The minimum atomic E-state index is -0.796. The number of rotatable bonds is 7. The monoisotopic (exact) mass is 479 g/mol. The van der Waals surface area contributed by atoms with Crippen LogP contribution in [0.15, 0.2) is 18.2 Å². The molecule has 2 heterocycles. The number of carbonyl (C=O) groups excluding carboxylic acids is 1. The van der Waals surface area contributed by atoms with Crippen LogP contribution in [0.4, 0.5) is 10.5 Å². The van der Waals surface area contributed by atoms with E-state index in [1.165, 1.54) is 11.1 Å². The molecule has 0 atom stereocenters. The topological polar surface area (TPSA) is 101 Å². The van der Waals surface area contributed by atoms with Gasteiger partial charge in [0.15, 0.2) is 0 Å². The molecule has 9 heteroatoms. The highest BCUT2D eigenvalue weighted by atomic mass is 35.5. The van der Waals surface area contributed by atoms with Crippen LogP contribution in [0.3, 0.4) is 0 Å². The lowest BCUT2D eigenvalue weighted by Crippen LogP contribution is -2.41. The number of hydrogen-bond acceptors (Lipinski definition) is 4. The number of carboxylic acids is 2. The molecule has 182 valence electrons. The number of halogens is 1. The van der Waals surface area contributed by atoms with Gasteiger partial charge in [-0.25, -0.2) is 4.79 Å². The molecule has 1 saturated carbocycles. The van der Waals surface area contributed by atoms with E-state index < -0.39 is 11.9 Å². The number of amides is 2. The molecule has 2 amide bonds. The molecule has 8 nitrogen and oxygen atoms in total. The van der Waals surface area contributed by atoms with Crippen molar-refractivity contribution < 1.29 is 24.6 Å². The standard InChI is InChI=1S/C24H33N3O5.ClH/c28-22(29)8-3-17-1-5-20(6-2-17)26-13-14-27(24(26)32)21-7-4-18-9-11-25(16-23(30)31)12-10-19(18)15-21;/h4,7,15,17,20H,1-3,5-6,8-14,16H2,(H,28,29)(H,30,31);1H/t17-,20-;. The SMILES string of the molecule is Cl.O=C(O)CC[C@H]1CC[C@H](N2CCN(c3ccc4c(c3)CCN(CC(=O)O)CC4)C2=O)CC1. The number of carbonyl (C=O) groups is 3. The molecule has 4 rings (SSSR count). The Balaban J connectivity index is 0.00000306. The van der Waals surface area contributed by atoms with E-state index in [1.807, 2.05) is 20.8 Å². The Morgan fingerprint density at radius 3 is 2.27 bits per heavy atom. The fraction of sp³-hybridized carbons (Fsp3) is 0.625. The Morgan fingerprint density at radius 1 is 0.909 bits per heavy atom. The molecule has 2 aliphatic heterocycles. The van der Waals surface area contributed by atoms with Crippen LogP contribution in [0.25, 0.3) is 0 Å². The van der Waals surface area contributed by atoms with E-state index in [-0.39, 0.29) is 37.4 Å². The van der Waals surface area contributed by atoms with Crippen LogP contribution < -0.4 is 4.90 Å². The van der Waals surface area contributed by atoms with Gasteiger partial charge in [0.2, 0.25) is 0 Å². The van der Waals surface area contributed by atoms with Crippen LogP contribution in [0.5, 0.6) is 0 Å². The zero-order valence-corrected chi connectivity index (χ0v) is 19.8. The predicted molar refractivity (Wildman–Crippen MR) is 127 cm³/mol. The average Bonchev–Trinajstić information content (AvgIpc) is 3.04. The Labute approximate surface area is 200 Å². The molecule has 1 aromatic carbocycles. The molecule has 0 bridgehead atoms. The van der Waals surface area contributed by atoms with Gasteiger partial charge in [-0.15, -0.1) is 12.4 Å². The van der Waals surface area contributed by atoms with Crippen LogP contribution in [0, 0.1) is 5.92 Å². The minimum absolute atomic E-state index is 0. The number of carboxylic acid groups (broad SMARTS) is 2. The van der Waals surface area contributed by atoms with Crippen molar-refractivity contribution in [3.8, 4) is 0 Å². The summed E-state index contributed by atoms with van der Waals surface area (Å²) in [6.45, 7) is 2.94. The third-order valence-corrected chi connectivity index (χ3v) is 7.32. The summed E-state index contributed by atoms with van der Waals surface area (Å²) in [6.07, 6.45) is 6.48. The van der Waals surface area contributed by atoms with E-state index in [0.29, 0.717) is 19.0 Å². The minimum Gasteiger partial charge on any atom is -0.481 e. The summed E-state index contributed by atoms with van der Waals surface area (Å²) in [4.78, 5) is 40.9. The molecule has 2 N–H and O–H groups in total. The number of anilines is 1. The van der Waals surface area contributed by atoms with E-state index in [1.54, 1.807) is 0 Å². The fourth-order valence-corrected chi connectivity index (χ4v) is 5.48. The second-order valence-electron chi connectivity index (χ2n) is 9.36. The quantitative estimate of drug-likeness (QED) is 0.622. The van der Waals surface area contributed by atoms with Gasteiger partial charge in [-0.1, -0.05) is 6.07 Å². The molecule has 0 radical (unpaired) electrons. The van der Waals surface area contributed by atoms with Gasteiger partial charge >= 0.3 is 18.0 Å². The Hall–Kier alpha value is -2.32. The van der Waals surface area contributed by atoms with Gasteiger partial charge in [0.25, 0.3) is 0 Å². The molecule has 1 aliphatic carbocycles. The first-order valence-corrected chi connectivity index (χ1v) is 11.8. The Morgan fingerprint density at radius 2 is 1.61 bits per heavy atom. The van der Waals surface area contributed by atoms with Gasteiger partial charge < -0.3 is 15.1 Å². The fourth-order valence-electron chi connectivity index (χ4n) is 5.48. The zero-order valence-electron chi connectivity index (χ0n) is 18.9. The molecule has 33 heavy (non-hydrogen) atoms. The summed E-state index contributed by atoms with van der Waals surface area (Å²) in [5.74, 6) is -1.07. The predicted octanol–water partition coefficient (Wildman–Crippen LogP) is 3.26. The second-order valence-corrected chi connectivity index (χ2v) is 9.36.